The summed E-state index contributed by atoms with van der Waals surface area (Å²) in [6, 6.07) is 0. The maximum absolute atomic E-state index is 0. The second-order valence-electron chi connectivity index (χ2n) is 0. The molecule has 0 bridgehead atoms. The van der Waals surface area contributed by atoms with Gasteiger partial charge in [-0.3, -0.25) is 18.8 Å². The van der Waals surface area contributed by atoms with Crippen molar-refractivity contribution < 1.29 is 18.8 Å². The molecular formula is H5ClF4. The van der Waals surface area contributed by atoms with Gasteiger partial charge in [-0.1, -0.05) is 0 Å². The highest BCUT2D eigenvalue weighted by Crippen LogP contribution is 0.690. The number of hydrogen-bond acceptors (Lipinski definition) is 0. The Kier molecular flexibility index (Phi) is 58500000000. The van der Waals surface area contributed by atoms with Crippen LogP contribution in [0.3, 0.4) is 0 Å². The molecule has 0 aliphatic carbocycles. The summed E-state index contributed by atoms with van der Waals surface area (Å²) in [6.07, 6.45) is 0. The molecule has 0 saturated carbocycles. The zero-order valence-corrected chi connectivity index (χ0v) is 2.86. The lowest BCUT2D eigenvalue weighted by Gasteiger charge is -0.270. The maximum Gasteiger partial charge on any atom is -0.147 e. The zero-order chi connectivity index (χ0) is 0. The first kappa shape index (κ1) is 806000. The summed E-state index contributed by atoms with van der Waals surface area (Å²) in [5, 5.41) is 0. The second kappa shape index (κ2) is 363000. The highest BCUT2D eigenvalue weighted by atomic mass is 35.5. The van der Waals surface area contributed by atoms with Crippen LogP contribution in [0.1, 0.15) is 0 Å². The Morgan fingerprint density at radius 2 is 0.400 bits per heavy atom. The molecule has 0 atom stereocenters. The first-order valence-electron chi connectivity index (χ1n) is 0. The third-order valence-corrected chi connectivity index (χ3v) is 0. The highest BCUT2D eigenvalue weighted by Gasteiger charge is -0.147. The Bertz CT molecular complexity index is 3.61. The molecule has 5 heteroatoms. The summed E-state index contributed by atoms with van der Waals surface area (Å²) in [5.41, 5.74) is 0. The van der Waals surface area contributed by atoms with Gasteiger partial charge in [-0.25, -0.2) is 0 Å². The summed E-state index contributed by atoms with van der Waals surface area (Å²) in [6.45, 7) is 0. The average molecular weight is 116 g/mol. The van der Waals surface area contributed by atoms with Gasteiger partial charge in [0.05, 0.1) is 0 Å². The van der Waals surface area contributed by atoms with E-state index < -0.39 is 0 Å². The molecule has 40 valence electrons. The minimum absolute atomic E-state index is 0. The van der Waals surface area contributed by atoms with Crippen LogP contribution in [0.15, 0.2) is 0 Å². The fraction of sp³-hybridized carbons (Fsp3) is 0. The van der Waals surface area contributed by atoms with Crippen LogP contribution in [0.4, 0.5) is 18.8 Å². The normalized spacial score (nSPS) is 0. The Hall–Kier alpha value is 0.01000. The Morgan fingerprint density at radius 3 is 0.400 bits per heavy atom. The van der Waals surface area contributed by atoms with Gasteiger partial charge in [0.15, 0.2) is 0 Å². The van der Waals surface area contributed by atoms with Crippen LogP contribution < -0.4 is 0 Å². The molecule has 0 radical (unpaired) electrons. The van der Waals surface area contributed by atoms with E-state index in [-0.39, 0.29) is 31.2 Å². The van der Waals surface area contributed by atoms with Crippen LogP contribution in [0.2, 0.25) is 0 Å². The van der Waals surface area contributed by atoms with Gasteiger partial charge in [0.25, 0.3) is 0 Å². The average Bonchev–Trinajstić information content (AvgIpc) is 0. The van der Waals surface area contributed by atoms with Gasteiger partial charge in [-0.05, 0) is 0 Å². The predicted molar refractivity (Wildman–Crippen MR) is 17.3 cm³/mol. The van der Waals surface area contributed by atoms with Gasteiger partial charge >= 0.3 is 0 Å². The van der Waals surface area contributed by atoms with E-state index in [9.17, 15) is 0 Å². The van der Waals surface area contributed by atoms with Crippen molar-refractivity contribution in [2.75, 3.05) is 0 Å². The Morgan fingerprint density at radius 1 is 0.400 bits per heavy atom. The van der Waals surface area contributed by atoms with Crippen LogP contribution in [-0.4, -0.2) is 0 Å². The van der Waals surface area contributed by atoms with Crippen molar-refractivity contribution in [3.8, 4) is 0 Å². The van der Waals surface area contributed by atoms with Gasteiger partial charge in [0, 0.05) is 0 Å². The van der Waals surface area contributed by atoms with Gasteiger partial charge in [0.2, 0.25) is 0 Å². The maximum atomic E-state index is 0. The summed E-state index contributed by atoms with van der Waals surface area (Å²) < 4.78 is 0. The van der Waals surface area contributed by atoms with Crippen LogP contribution >= 0.6 is 12.4 Å². The first-order chi connectivity index (χ1) is 0. The van der Waals surface area contributed by atoms with E-state index in [0.717, 1.165) is 0 Å². The third kappa shape index (κ3) is 162000. The number of rotatable bonds is 0. The summed E-state index contributed by atoms with van der Waals surface area (Å²) in [4.78, 5) is 0. The fourth-order valence-electron chi connectivity index (χ4n) is 0. The smallest absolute Gasteiger partial charge is 0.147 e. The molecule has 0 spiro atoms. The summed E-state index contributed by atoms with van der Waals surface area (Å²) in [7, 11) is 0. The molecule has 0 aromatic rings. The molecule has 0 aromatic carbocycles. The quantitative estimate of drug-likeness (QED) is 0.415. The van der Waals surface area contributed by atoms with E-state index in [1.807, 2.05) is 0 Å². The molecule has 0 heterocycles. The molecule has 0 aliphatic rings. The Balaban J connectivity index is 0. The summed E-state index contributed by atoms with van der Waals surface area (Å²) >= 11 is 0. The van der Waals surface area contributed by atoms with Crippen molar-refractivity contribution in [2.45, 2.75) is 0 Å². The van der Waals surface area contributed by atoms with E-state index in [4.69, 9.17) is 0 Å². The fourth-order valence-corrected chi connectivity index (χ4v) is 0. The van der Waals surface area contributed by atoms with Crippen molar-refractivity contribution in [1.29, 1.82) is 0 Å². The molecule has 0 aromatic heterocycles. The molecule has 0 saturated heterocycles. The van der Waals surface area contributed by atoms with Crippen LogP contribution in [0.25, 0.3) is 0 Å². The van der Waals surface area contributed by atoms with Crippen LogP contribution in [-0.2, 0) is 0 Å². The van der Waals surface area contributed by atoms with Gasteiger partial charge < -0.3 is 0 Å². The van der Waals surface area contributed by atoms with Crippen molar-refractivity contribution in [2.24, 2.45) is 0 Å². The minimum Gasteiger partial charge on any atom is -0.269 e. The molecule has 5 heavy (non-hydrogen) atoms. The SMILES string of the molecule is Cl.F.F.F.F. The van der Waals surface area contributed by atoms with Crippen molar-refractivity contribution >= 4 is 12.4 Å². The van der Waals surface area contributed by atoms with E-state index in [1.54, 1.807) is 0 Å². The van der Waals surface area contributed by atoms with E-state index in [1.165, 1.54) is 0 Å². The van der Waals surface area contributed by atoms with Gasteiger partial charge in [-0.15, -0.1) is 12.4 Å². The topological polar surface area (TPSA) is 0 Å². The lowest BCUT2D eigenvalue weighted by Crippen LogP contribution is 0.419. The zero-order valence-electron chi connectivity index (χ0n) is 2.04. The summed E-state index contributed by atoms with van der Waals surface area (Å²) in [5.74, 6) is 0. The van der Waals surface area contributed by atoms with Crippen molar-refractivity contribution in [3.05, 3.63) is 0 Å². The first-order valence-corrected chi connectivity index (χ1v) is 0. The lowest BCUT2D eigenvalue weighted by molar-refractivity contribution is 1.11. The molecular weight excluding hydrogens is 111 g/mol. The van der Waals surface area contributed by atoms with Crippen LogP contribution in [0, 0.1) is 0 Å². The molecule has 0 unspecified atom stereocenters. The van der Waals surface area contributed by atoms with Crippen molar-refractivity contribution in [1.82, 2.24) is 0 Å². The number of halogens is 5. The molecule has 0 rings (SSSR count). The third-order valence-electron chi connectivity index (χ3n) is 0. The lowest BCUT2D eigenvalue weighted by atomic mass is 19.0. The largest absolute Gasteiger partial charge is 0.269 e. The molecule has 0 fully saturated rings. The molecule has 0 nitrogen and oxygen atoms in total. The van der Waals surface area contributed by atoms with Gasteiger partial charge in [-0.2, -0.15) is 0 Å². The van der Waals surface area contributed by atoms with Crippen molar-refractivity contribution in [3.63, 3.8) is 0 Å². The second-order valence-corrected chi connectivity index (χ2v) is 0. The van der Waals surface area contributed by atoms with Crippen LogP contribution in [0.5, 0.6) is 0 Å². The van der Waals surface area contributed by atoms with E-state index >= 15 is 0 Å². The molecule has 0 aliphatic heterocycles. The monoisotopic (exact) mass is 116 g/mol. The molecule has 0 N–H and O–H groups in total. The standard InChI is InChI=1S/ClH.4FH/h5*1H. The van der Waals surface area contributed by atoms with Gasteiger partial charge in [0.1, 0.15) is 0 Å². The predicted octanol–water partition coefficient (Wildman–Crippen LogP) is 1.03. The Labute approximate surface area is 32.4 Å². The van der Waals surface area contributed by atoms with E-state index in [0.29, 0.717) is 0 Å². The van der Waals surface area contributed by atoms with E-state index in [2.05, 4.69) is 0 Å². The number of hydrogen-bond donors (Lipinski definition) is 0. The minimum atomic E-state index is 0. The highest BCUT2D eigenvalue weighted by molar-refractivity contribution is 5.85. The molecule has 0 amide bonds.